The predicted molar refractivity (Wildman–Crippen MR) is 139 cm³/mol. The number of nitrogens with zero attached hydrogens (tertiary/aromatic N) is 2. The Morgan fingerprint density at radius 2 is 2.00 bits per heavy atom. The van der Waals surface area contributed by atoms with Crippen molar-refractivity contribution in [1.82, 2.24) is 4.57 Å². The first kappa shape index (κ1) is 25.6. The Bertz CT molecular complexity index is 1570. The van der Waals surface area contributed by atoms with Gasteiger partial charge in [0.25, 0.3) is 5.56 Å². The number of aromatic nitrogens is 1. The molecule has 1 aliphatic heterocycles. The number of hydrogen-bond donors (Lipinski definition) is 0. The third-order valence-electron chi connectivity index (χ3n) is 5.43. The van der Waals surface area contributed by atoms with E-state index in [2.05, 4.69) is 20.9 Å². The van der Waals surface area contributed by atoms with Gasteiger partial charge in [0.1, 0.15) is 11.5 Å². The van der Waals surface area contributed by atoms with Gasteiger partial charge in [-0.15, -0.1) is 0 Å². The van der Waals surface area contributed by atoms with Crippen LogP contribution in [-0.2, 0) is 14.3 Å². The van der Waals surface area contributed by atoms with E-state index < -0.39 is 18.0 Å². The fraction of sp³-hybridized carbons (Fsp3) is 0.231. The van der Waals surface area contributed by atoms with E-state index >= 15 is 0 Å². The minimum Gasteiger partial charge on any atom is -0.497 e. The van der Waals surface area contributed by atoms with Crippen molar-refractivity contribution >= 4 is 45.3 Å². The number of carbonyl (C=O) groups is 2. The van der Waals surface area contributed by atoms with Crippen molar-refractivity contribution in [2.75, 3.05) is 13.7 Å². The number of halogens is 1. The van der Waals surface area contributed by atoms with Crippen LogP contribution in [0.5, 0.6) is 11.5 Å². The van der Waals surface area contributed by atoms with E-state index in [4.69, 9.17) is 14.2 Å². The average Bonchev–Trinajstić information content (AvgIpc) is 3.14. The number of thiazole rings is 1. The average molecular weight is 571 g/mol. The van der Waals surface area contributed by atoms with Crippen LogP contribution in [-0.4, -0.2) is 30.2 Å². The summed E-state index contributed by atoms with van der Waals surface area (Å²) >= 11 is 4.63. The lowest BCUT2D eigenvalue weighted by Crippen LogP contribution is -2.39. The van der Waals surface area contributed by atoms with Gasteiger partial charge in [-0.1, -0.05) is 29.5 Å². The van der Waals surface area contributed by atoms with Gasteiger partial charge in [-0.2, -0.15) is 0 Å². The van der Waals surface area contributed by atoms with Gasteiger partial charge in [-0.3, -0.25) is 14.2 Å². The van der Waals surface area contributed by atoms with Gasteiger partial charge in [0, 0.05) is 6.92 Å². The van der Waals surface area contributed by atoms with Crippen LogP contribution in [0.15, 0.2) is 68.0 Å². The molecule has 186 valence electrons. The van der Waals surface area contributed by atoms with Crippen LogP contribution in [0, 0.1) is 0 Å². The van der Waals surface area contributed by atoms with Crippen LogP contribution < -0.4 is 24.4 Å². The highest BCUT2D eigenvalue weighted by Gasteiger charge is 2.33. The molecule has 0 bridgehead atoms. The van der Waals surface area contributed by atoms with Gasteiger partial charge in [0.05, 0.1) is 40.0 Å². The maximum absolute atomic E-state index is 13.7. The summed E-state index contributed by atoms with van der Waals surface area (Å²) in [6, 6.07) is 11.7. The molecule has 10 heteroatoms. The van der Waals surface area contributed by atoms with Crippen LogP contribution in [0.2, 0.25) is 0 Å². The third kappa shape index (κ3) is 5.05. The van der Waals surface area contributed by atoms with Gasteiger partial charge < -0.3 is 14.2 Å². The molecule has 3 aromatic rings. The highest BCUT2D eigenvalue weighted by molar-refractivity contribution is 9.10. The lowest BCUT2D eigenvalue weighted by molar-refractivity contribution is -0.139. The molecule has 2 aromatic carbocycles. The van der Waals surface area contributed by atoms with E-state index in [9.17, 15) is 14.4 Å². The standard InChI is InChI=1S/C26H23BrN2O6S/c1-5-34-25(32)22-14(2)28-26-29(23(22)17-7-6-8-18(13-17)33-4)24(31)21(36-26)12-16-9-10-20(19(27)11-16)35-15(3)30/h6-13,23H,5H2,1-4H3/b21-12-/t23-/m1/s1. The van der Waals surface area contributed by atoms with Crippen molar-refractivity contribution in [2.45, 2.75) is 26.8 Å². The maximum Gasteiger partial charge on any atom is 0.338 e. The molecule has 0 aliphatic carbocycles. The maximum atomic E-state index is 13.7. The fourth-order valence-corrected chi connectivity index (χ4v) is 5.44. The summed E-state index contributed by atoms with van der Waals surface area (Å²) in [4.78, 5) is 43.0. The van der Waals surface area contributed by atoms with E-state index in [1.165, 1.54) is 22.8 Å². The molecule has 1 aliphatic rings. The molecule has 36 heavy (non-hydrogen) atoms. The van der Waals surface area contributed by atoms with Crippen molar-refractivity contribution in [2.24, 2.45) is 4.99 Å². The summed E-state index contributed by atoms with van der Waals surface area (Å²) in [5.41, 5.74) is 1.93. The van der Waals surface area contributed by atoms with Gasteiger partial charge in [0.15, 0.2) is 4.80 Å². The number of benzene rings is 2. The molecule has 1 aromatic heterocycles. The zero-order valence-electron chi connectivity index (χ0n) is 20.0. The first-order chi connectivity index (χ1) is 17.2. The van der Waals surface area contributed by atoms with Crippen molar-refractivity contribution < 1.29 is 23.8 Å². The minimum absolute atomic E-state index is 0.198. The second-order valence-corrected chi connectivity index (χ2v) is 9.73. The summed E-state index contributed by atoms with van der Waals surface area (Å²) in [6.45, 7) is 4.99. The Hall–Kier alpha value is -3.50. The van der Waals surface area contributed by atoms with Crippen LogP contribution in [0.25, 0.3) is 6.08 Å². The SMILES string of the molecule is CCOC(=O)C1=C(C)N=c2s/c(=C\c3ccc(OC(C)=O)c(Br)c3)c(=O)n2[C@@H]1c1cccc(OC)c1. The predicted octanol–water partition coefficient (Wildman–Crippen LogP) is 3.49. The van der Waals surface area contributed by atoms with Gasteiger partial charge in [-0.25, -0.2) is 9.79 Å². The number of esters is 2. The first-order valence-corrected chi connectivity index (χ1v) is 12.7. The third-order valence-corrected chi connectivity index (χ3v) is 7.04. The highest BCUT2D eigenvalue weighted by atomic mass is 79.9. The summed E-state index contributed by atoms with van der Waals surface area (Å²) < 4.78 is 18.4. The molecule has 2 heterocycles. The molecule has 8 nitrogen and oxygen atoms in total. The Labute approximate surface area is 219 Å². The van der Waals surface area contributed by atoms with E-state index in [1.54, 1.807) is 57.4 Å². The second kappa shape index (κ2) is 10.6. The largest absolute Gasteiger partial charge is 0.497 e. The van der Waals surface area contributed by atoms with E-state index in [0.717, 1.165) is 5.56 Å². The first-order valence-electron chi connectivity index (χ1n) is 11.0. The number of fused-ring (bicyclic) bond motifs is 1. The van der Waals surface area contributed by atoms with Crippen LogP contribution in [0.4, 0.5) is 0 Å². The molecular formula is C26H23BrN2O6S. The molecule has 0 fully saturated rings. The Morgan fingerprint density at radius 1 is 1.22 bits per heavy atom. The smallest absolute Gasteiger partial charge is 0.338 e. The monoisotopic (exact) mass is 570 g/mol. The number of ether oxygens (including phenoxy) is 3. The molecule has 1 atom stereocenters. The quantitative estimate of drug-likeness (QED) is 0.332. The fourth-order valence-electron chi connectivity index (χ4n) is 3.91. The zero-order chi connectivity index (χ0) is 26.0. The molecule has 0 saturated heterocycles. The molecular weight excluding hydrogens is 548 g/mol. The molecule has 0 amide bonds. The summed E-state index contributed by atoms with van der Waals surface area (Å²) in [7, 11) is 1.56. The molecule has 0 N–H and O–H groups in total. The second-order valence-electron chi connectivity index (χ2n) is 7.86. The van der Waals surface area contributed by atoms with Gasteiger partial charge in [-0.05, 0) is 71.2 Å². The Balaban J connectivity index is 1.89. The van der Waals surface area contributed by atoms with Gasteiger partial charge >= 0.3 is 11.9 Å². The van der Waals surface area contributed by atoms with E-state index in [0.29, 0.717) is 42.1 Å². The van der Waals surface area contributed by atoms with Gasteiger partial charge in [0.2, 0.25) is 0 Å². The van der Waals surface area contributed by atoms with E-state index in [-0.39, 0.29) is 12.2 Å². The minimum atomic E-state index is -0.726. The topological polar surface area (TPSA) is 96.2 Å². The van der Waals surface area contributed by atoms with Crippen molar-refractivity contribution in [3.8, 4) is 11.5 Å². The summed E-state index contributed by atoms with van der Waals surface area (Å²) in [5.74, 6) is 0.0342. The lowest BCUT2D eigenvalue weighted by Gasteiger charge is -2.25. The summed E-state index contributed by atoms with van der Waals surface area (Å²) in [5, 5.41) is 0. The highest BCUT2D eigenvalue weighted by Crippen LogP contribution is 2.32. The summed E-state index contributed by atoms with van der Waals surface area (Å²) in [6.07, 6.45) is 1.73. The van der Waals surface area contributed by atoms with Crippen molar-refractivity contribution in [1.29, 1.82) is 0 Å². The van der Waals surface area contributed by atoms with Crippen molar-refractivity contribution in [3.05, 3.63) is 89.0 Å². The number of carbonyl (C=O) groups excluding carboxylic acids is 2. The molecule has 0 unspecified atom stereocenters. The van der Waals surface area contributed by atoms with Crippen LogP contribution >= 0.6 is 27.3 Å². The van der Waals surface area contributed by atoms with Crippen molar-refractivity contribution in [3.63, 3.8) is 0 Å². The normalized spacial score (nSPS) is 15.2. The Morgan fingerprint density at radius 3 is 2.67 bits per heavy atom. The number of methoxy groups -OCH3 is 1. The van der Waals surface area contributed by atoms with Crippen LogP contribution in [0.1, 0.15) is 37.9 Å². The molecule has 4 rings (SSSR count). The lowest BCUT2D eigenvalue weighted by atomic mass is 9.95. The molecule has 0 radical (unpaired) electrons. The number of hydrogen-bond acceptors (Lipinski definition) is 8. The molecule has 0 saturated carbocycles. The molecule has 0 spiro atoms. The Kier molecular flexibility index (Phi) is 7.56. The number of rotatable bonds is 6. The van der Waals surface area contributed by atoms with E-state index in [1.807, 2.05) is 12.1 Å². The van der Waals surface area contributed by atoms with Crippen LogP contribution in [0.3, 0.4) is 0 Å². The number of allylic oxidation sites excluding steroid dienone is 1. The zero-order valence-corrected chi connectivity index (χ0v) is 22.4.